The maximum absolute atomic E-state index is 13.3. The van der Waals surface area contributed by atoms with Gasteiger partial charge in [-0.05, 0) is 101 Å². The molecule has 4 aromatic rings. The minimum absolute atomic E-state index is 0.0546. The average molecular weight is 751 g/mol. The van der Waals surface area contributed by atoms with E-state index in [4.69, 9.17) is 25.8 Å². The van der Waals surface area contributed by atoms with Gasteiger partial charge >= 0.3 is 0 Å². The van der Waals surface area contributed by atoms with Crippen LogP contribution in [0.15, 0.2) is 66.9 Å². The maximum atomic E-state index is 13.3. The molecular weight excluding hydrogens is 703 g/mol. The summed E-state index contributed by atoms with van der Waals surface area (Å²) in [6.07, 6.45) is 5.28. The Kier molecular flexibility index (Phi) is 15.2. The first kappa shape index (κ1) is 40.8. The molecule has 0 saturated heterocycles. The van der Waals surface area contributed by atoms with Crippen LogP contribution in [0, 0.1) is 11.2 Å². The topological polar surface area (TPSA) is 143 Å². The van der Waals surface area contributed by atoms with Crippen LogP contribution in [0.3, 0.4) is 0 Å². The van der Waals surface area contributed by atoms with Crippen LogP contribution in [-0.2, 0) is 14.4 Å². The van der Waals surface area contributed by atoms with Crippen molar-refractivity contribution in [2.24, 2.45) is 5.41 Å². The van der Waals surface area contributed by atoms with Gasteiger partial charge in [0, 0.05) is 29.3 Å². The SMILES string of the molecule is CC[NH+](CC)CC.COc1cc2c(Oc3cccc(NC(=O)C4(C(=O)Nc5ccc(F)cc5)CC4)c3Cl)ccnc2cc1OCCCCCCC(=O)[O-]. The summed E-state index contributed by atoms with van der Waals surface area (Å²) in [7, 11) is 1.53. The molecule has 0 spiro atoms. The lowest BCUT2D eigenvalue weighted by Crippen LogP contribution is -3.11. The van der Waals surface area contributed by atoms with Crippen molar-refractivity contribution in [2.45, 2.75) is 65.7 Å². The number of anilines is 2. The molecule has 3 N–H and O–H groups in total. The minimum Gasteiger partial charge on any atom is -0.550 e. The molecule has 1 aromatic heterocycles. The van der Waals surface area contributed by atoms with Gasteiger partial charge in [0.2, 0.25) is 11.8 Å². The molecule has 13 heteroatoms. The Morgan fingerprint density at radius 3 is 2.17 bits per heavy atom. The van der Waals surface area contributed by atoms with Crippen LogP contribution in [0.4, 0.5) is 15.8 Å². The third kappa shape index (κ3) is 11.3. The Morgan fingerprint density at radius 2 is 1.55 bits per heavy atom. The van der Waals surface area contributed by atoms with E-state index in [-0.39, 0.29) is 22.9 Å². The van der Waals surface area contributed by atoms with Crippen molar-refractivity contribution < 1.29 is 43.0 Å². The number of amides is 2. The molecule has 1 heterocycles. The van der Waals surface area contributed by atoms with E-state index >= 15 is 0 Å². The average Bonchev–Trinajstić information content (AvgIpc) is 3.97. The molecule has 1 aliphatic carbocycles. The molecule has 0 bridgehead atoms. The zero-order valence-corrected chi connectivity index (χ0v) is 31.4. The second kappa shape index (κ2) is 19.8. The van der Waals surface area contributed by atoms with Crippen molar-refractivity contribution in [1.82, 2.24) is 4.98 Å². The van der Waals surface area contributed by atoms with Crippen LogP contribution in [0.25, 0.3) is 10.9 Å². The number of pyridine rings is 1. The molecule has 1 saturated carbocycles. The van der Waals surface area contributed by atoms with Crippen LogP contribution in [0.1, 0.15) is 65.7 Å². The van der Waals surface area contributed by atoms with Crippen LogP contribution in [0.5, 0.6) is 23.0 Å². The highest BCUT2D eigenvalue weighted by molar-refractivity contribution is 6.35. The molecule has 53 heavy (non-hydrogen) atoms. The summed E-state index contributed by atoms with van der Waals surface area (Å²) >= 11 is 6.68. The van der Waals surface area contributed by atoms with Gasteiger partial charge in [-0.25, -0.2) is 4.39 Å². The van der Waals surface area contributed by atoms with E-state index in [1.54, 1.807) is 47.5 Å². The van der Waals surface area contributed by atoms with Gasteiger partial charge < -0.3 is 39.6 Å². The normalized spacial score (nSPS) is 12.7. The van der Waals surface area contributed by atoms with E-state index in [1.807, 2.05) is 0 Å². The fraction of sp³-hybridized carbons (Fsp3) is 0.400. The molecule has 2 amide bonds. The van der Waals surface area contributed by atoms with E-state index in [9.17, 15) is 23.9 Å². The van der Waals surface area contributed by atoms with E-state index in [1.165, 1.54) is 51.0 Å². The third-order valence-electron chi connectivity index (χ3n) is 9.17. The molecule has 284 valence electrons. The van der Waals surface area contributed by atoms with Crippen LogP contribution in [0.2, 0.25) is 5.02 Å². The molecule has 11 nitrogen and oxygen atoms in total. The Morgan fingerprint density at radius 1 is 0.868 bits per heavy atom. The zero-order valence-electron chi connectivity index (χ0n) is 30.7. The summed E-state index contributed by atoms with van der Waals surface area (Å²) in [5.41, 5.74) is -0.00609. The molecular formula is C40H48ClFN4O7. The highest BCUT2D eigenvalue weighted by Gasteiger charge is 2.56. The number of unbranched alkanes of at least 4 members (excludes halogenated alkanes) is 3. The van der Waals surface area contributed by atoms with Gasteiger partial charge in [-0.3, -0.25) is 14.6 Å². The first-order valence-electron chi connectivity index (χ1n) is 18.0. The monoisotopic (exact) mass is 750 g/mol. The molecule has 0 unspecified atom stereocenters. The summed E-state index contributed by atoms with van der Waals surface area (Å²) in [5.74, 6) is -0.763. The standard InChI is InChI=1S/C34H33ClFN3O7.C6H15N/c1-44-28-19-23-25(20-29(28)45-18-5-3-2-4-9-30(40)41)37-17-14-26(23)46-27-8-6-7-24(31(27)35)39-33(43)34(15-16-34)32(42)38-22-12-10-21(36)11-13-22;1-4-7(5-2)6-3/h6-8,10-14,17,19-20H,2-5,9,15-16,18H2,1H3,(H,38,42)(H,39,43)(H,40,41);4-6H2,1-3H3. The van der Waals surface area contributed by atoms with Gasteiger partial charge in [0.25, 0.3) is 0 Å². The number of aromatic nitrogens is 1. The van der Waals surface area contributed by atoms with E-state index in [0.29, 0.717) is 59.7 Å². The number of carboxylic acid groups (broad SMARTS) is 1. The summed E-state index contributed by atoms with van der Waals surface area (Å²) in [5, 5.41) is 16.8. The summed E-state index contributed by atoms with van der Waals surface area (Å²) in [4.78, 5) is 42.9. The number of benzene rings is 3. The summed E-state index contributed by atoms with van der Waals surface area (Å²) < 4.78 is 31.0. The van der Waals surface area contributed by atoms with Crippen molar-refractivity contribution in [1.29, 1.82) is 0 Å². The number of methoxy groups -OCH3 is 1. The van der Waals surface area contributed by atoms with E-state index < -0.39 is 29.0 Å². The van der Waals surface area contributed by atoms with Gasteiger partial charge in [-0.2, -0.15) is 0 Å². The number of hydrogen-bond acceptors (Lipinski definition) is 8. The van der Waals surface area contributed by atoms with Gasteiger partial charge in [0.15, 0.2) is 11.5 Å². The number of aliphatic carboxylic acids is 1. The van der Waals surface area contributed by atoms with Crippen molar-refractivity contribution in [3.8, 4) is 23.0 Å². The lowest BCUT2D eigenvalue weighted by atomic mass is 10.0. The number of halogens is 2. The van der Waals surface area contributed by atoms with E-state index in [0.717, 1.165) is 19.3 Å². The van der Waals surface area contributed by atoms with Crippen LogP contribution in [-0.4, -0.2) is 56.1 Å². The molecule has 0 atom stereocenters. The number of fused-ring (bicyclic) bond motifs is 1. The number of hydrogen-bond donors (Lipinski definition) is 3. The Labute approximate surface area is 314 Å². The Bertz CT molecular complexity index is 1840. The Balaban J connectivity index is 0.000000815. The highest BCUT2D eigenvalue weighted by Crippen LogP contribution is 2.48. The first-order chi connectivity index (χ1) is 25.5. The quantitative estimate of drug-likeness (QED) is 0.0807. The predicted octanol–water partition coefficient (Wildman–Crippen LogP) is 6.20. The van der Waals surface area contributed by atoms with Gasteiger partial charge in [-0.15, -0.1) is 0 Å². The summed E-state index contributed by atoms with van der Waals surface area (Å²) in [6.45, 7) is 10.9. The number of quaternary nitrogens is 1. The molecule has 1 aliphatic rings. The van der Waals surface area contributed by atoms with Gasteiger partial charge in [0.1, 0.15) is 27.8 Å². The fourth-order valence-corrected chi connectivity index (χ4v) is 5.87. The van der Waals surface area contributed by atoms with Crippen LogP contribution >= 0.6 is 11.6 Å². The number of ether oxygens (including phenoxy) is 3. The molecule has 5 rings (SSSR count). The zero-order chi connectivity index (χ0) is 38.4. The van der Waals surface area contributed by atoms with Gasteiger partial charge in [-0.1, -0.05) is 30.5 Å². The lowest BCUT2D eigenvalue weighted by molar-refractivity contribution is -0.894. The number of nitrogens with zero attached hydrogens (tertiary/aromatic N) is 1. The largest absolute Gasteiger partial charge is 0.550 e. The van der Waals surface area contributed by atoms with Crippen molar-refractivity contribution >= 4 is 51.7 Å². The van der Waals surface area contributed by atoms with E-state index in [2.05, 4.69) is 36.4 Å². The maximum Gasteiger partial charge on any atom is 0.240 e. The van der Waals surface area contributed by atoms with Crippen molar-refractivity contribution in [3.63, 3.8) is 0 Å². The molecule has 3 aromatic carbocycles. The second-order valence-corrected chi connectivity index (χ2v) is 13.1. The minimum atomic E-state index is -1.26. The fourth-order valence-electron chi connectivity index (χ4n) is 5.66. The number of nitrogens with one attached hydrogen (secondary N) is 3. The highest BCUT2D eigenvalue weighted by atomic mass is 35.5. The van der Waals surface area contributed by atoms with Crippen molar-refractivity contribution in [2.75, 3.05) is 44.0 Å². The number of carboxylic acids is 1. The Hall–Kier alpha value is -4.94. The second-order valence-electron chi connectivity index (χ2n) is 12.7. The third-order valence-corrected chi connectivity index (χ3v) is 9.56. The molecule has 0 aliphatic heterocycles. The molecule has 0 radical (unpaired) electrons. The smallest absolute Gasteiger partial charge is 0.240 e. The number of carbonyl (C=O) groups is 3. The summed E-state index contributed by atoms with van der Waals surface area (Å²) in [6, 6.07) is 15.4. The number of carbonyl (C=O) groups excluding carboxylic acids is 3. The lowest BCUT2D eigenvalue weighted by Gasteiger charge is -2.18. The van der Waals surface area contributed by atoms with Gasteiger partial charge in [0.05, 0.1) is 44.6 Å². The van der Waals surface area contributed by atoms with Crippen molar-refractivity contribution in [3.05, 3.63) is 77.7 Å². The predicted molar refractivity (Wildman–Crippen MR) is 201 cm³/mol. The van der Waals surface area contributed by atoms with Crippen LogP contribution < -0.4 is 34.9 Å². The number of rotatable bonds is 18. The first-order valence-corrected chi connectivity index (χ1v) is 18.4. The molecule has 1 fully saturated rings.